The Hall–Kier alpha value is 0.0600. The molecule has 3 nitrogen and oxygen atoms in total. The second-order valence-electron chi connectivity index (χ2n) is 4.69. The summed E-state index contributed by atoms with van der Waals surface area (Å²) in [6.45, 7) is 5.91. The molecule has 1 aromatic rings. The van der Waals surface area contributed by atoms with Crippen LogP contribution in [0.5, 0.6) is 0 Å². The molecule has 5 heteroatoms. The van der Waals surface area contributed by atoms with Crippen LogP contribution >= 0.6 is 27.3 Å². The zero-order valence-corrected chi connectivity index (χ0v) is 13.2. The summed E-state index contributed by atoms with van der Waals surface area (Å²) in [6.07, 6.45) is 2.09. The van der Waals surface area contributed by atoms with E-state index in [0.29, 0.717) is 6.04 Å². The van der Waals surface area contributed by atoms with E-state index in [4.69, 9.17) is 10.5 Å². The van der Waals surface area contributed by atoms with E-state index in [-0.39, 0.29) is 6.04 Å². The first-order valence-corrected chi connectivity index (χ1v) is 8.21. The fourth-order valence-electron chi connectivity index (χ4n) is 2.41. The van der Waals surface area contributed by atoms with Gasteiger partial charge in [-0.05, 0) is 34.8 Å². The molecule has 1 aromatic heterocycles. The lowest BCUT2D eigenvalue weighted by atomic mass is 10.0. The standard InChI is InChI=1S/C13H21BrN2OS/c1-2-11(15)13(12-8-10(14)9-18-12)16-4-3-6-17-7-5-16/h8-9,11,13H,2-7,15H2,1H3. The number of hydrogen-bond donors (Lipinski definition) is 1. The molecule has 1 saturated heterocycles. The van der Waals surface area contributed by atoms with Gasteiger partial charge in [-0.1, -0.05) is 6.92 Å². The number of nitrogens with zero attached hydrogens (tertiary/aromatic N) is 1. The Labute approximate surface area is 121 Å². The summed E-state index contributed by atoms with van der Waals surface area (Å²) >= 11 is 5.33. The van der Waals surface area contributed by atoms with Crippen LogP contribution < -0.4 is 5.73 Å². The summed E-state index contributed by atoms with van der Waals surface area (Å²) in [5.41, 5.74) is 6.35. The fourth-order valence-corrected chi connectivity index (χ4v) is 4.07. The van der Waals surface area contributed by atoms with Crippen molar-refractivity contribution in [2.75, 3.05) is 26.3 Å². The van der Waals surface area contributed by atoms with Crippen molar-refractivity contribution in [3.63, 3.8) is 0 Å². The highest BCUT2D eigenvalue weighted by Gasteiger charge is 2.27. The lowest BCUT2D eigenvalue weighted by molar-refractivity contribution is 0.126. The van der Waals surface area contributed by atoms with Gasteiger partial charge >= 0.3 is 0 Å². The first-order valence-electron chi connectivity index (χ1n) is 6.53. The van der Waals surface area contributed by atoms with Gasteiger partial charge in [0.05, 0.1) is 12.6 Å². The van der Waals surface area contributed by atoms with Crippen LogP contribution in [-0.2, 0) is 4.74 Å². The maximum absolute atomic E-state index is 6.35. The van der Waals surface area contributed by atoms with E-state index < -0.39 is 0 Å². The Morgan fingerprint density at radius 3 is 3.00 bits per heavy atom. The highest BCUT2D eigenvalue weighted by molar-refractivity contribution is 9.10. The number of thiophene rings is 1. The van der Waals surface area contributed by atoms with Gasteiger partial charge in [-0.25, -0.2) is 0 Å². The van der Waals surface area contributed by atoms with Gasteiger partial charge in [-0.2, -0.15) is 0 Å². The van der Waals surface area contributed by atoms with E-state index in [0.717, 1.165) is 43.6 Å². The number of ether oxygens (including phenoxy) is 1. The molecule has 0 bridgehead atoms. The Morgan fingerprint density at radius 1 is 1.50 bits per heavy atom. The van der Waals surface area contributed by atoms with E-state index in [2.05, 4.69) is 39.2 Å². The molecule has 2 atom stereocenters. The lowest BCUT2D eigenvalue weighted by Crippen LogP contribution is -2.41. The summed E-state index contributed by atoms with van der Waals surface area (Å²) in [4.78, 5) is 3.84. The smallest absolute Gasteiger partial charge is 0.0594 e. The lowest BCUT2D eigenvalue weighted by Gasteiger charge is -2.33. The summed E-state index contributed by atoms with van der Waals surface area (Å²) in [5.74, 6) is 0. The second-order valence-corrected chi connectivity index (χ2v) is 6.54. The summed E-state index contributed by atoms with van der Waals surface area (Å²) in [5, 5.41) is 2.14. The molecule has 0 spiro atoms. The van der Waals surface area contributed by atoms with Crippen molar-refractivity contribution in [2.24, 2.45) is 5.73 Å². The number of nitrogens with two attached hydrogens (primary N) is 1. The average molecular weight is 333 g/mol. The molecule has 0 amide bonds. The maximum Gasteiger partial charge on any atom is 0.0594 e. The van der Waals surface area contributed by atoms with Gasteiger partial charge in [0.25, 0.3) is 0 Å². The predicted octanol–water partition coefficient (Wildman–Crippen LogP) is 3.01. The van der Waals surface area contributed by atoms with Crippen molar-refractivity contribution in [1.29, 1.82) is 0 Å². The van der Waals surface area contributed by atoms with Crippen molar-refractivity contribution >= 4 is 27.3 Å². The number of halogens is 1. The second kappa shape index (κ2) is 7.01. The van der Waals surface area contributed by atoms with Crippen LogP contribution in [0.4, 0.5) is 0 Å². The maximum atomic E-state index is 6.35. The Bertz CT molecular complexity index is 364. The summed E-state index contributed by atoms with van der Waals surface area (Å²) in [7, 11) is 0. The van der Waals surface area contributed by atoms with E-state index in [9.17, 15) is 0 Å². The minimum absolute atomic E-state index is 0.189. The molecular weight excluding hydrogens is 312 g/mol. The van der Waals surface area contributed by atoms with E-state index >= 15 is 0 Å². The largest absolute Gasteiger partial charge is 0.380 e. The fraction of sp³-hybridized carbons (Fsp3) is 0.692. The van der Waals surface area contributed by atoms with Gasteiger partial charge in [-0.15, -0.1) is 11.3 Å². The van der Waals surface area contributed by atoms with Gasteiger partial charge in [0.15, 0.2) is 0 Å². The zero-order valence-electron chi connectivity index (χ0n) is 10.8. The minimum Gasteiger partial charge on any atom is -0.380 e. The third-order valence-electron chi connectivity index (χ3n) is 3.41. The van der Waals surface area contributed by atoms with Crippen LogP contribution in [0.1, 0.15) is 30.7 Å². The molecule has 0 saturated carbocycles. The zero-order chi connectivity index (χ0) is 13.0. The summed E-state index contributed by atoms with van der Waals surface area (Å²) < 4.78 is 6.70. The molecule has 2 N–H and O–H groups in total. The predicted molar refractivity (Wildman–Crippen MR) is 80.0 cm³/mol. The number of hydrogen-bond acceptors (Lipinski definition) is 4. The topological polar surface area (TPSA) is 38.5 Å². The van der Waals surface area contributed by atoms with E-state index in [1.54, 1.807) is 11.3 Å². The molecule has 0 aromatic carbocycles. The third kappa shape index (κ3) is 3.54. The molecule has 0 radical (unpaired) electrons. The molecule has 2 heterocycles. The highest BCUT2D eigenvalue weighted by atomic mass is 79.9. The first-order chi connectivity index (χ1) is 8.72. The summed E-state index contributed by atoms with van der Waals surface area (Å²) in [6, 6.07) is 2.72. The Balaban J connectivity index is 2.18. The third-order valence-corrected chi connectivity index (χ3v) is 5.17. The Kier molecular flexibility index (Phi) is 5.63. The first kappa shape index (κ1) is 14.5. The monoisotopic (exact) mass is 332 g/mol. The van der Waals surface area contributed by atoms with Crippen LogP contribution in [0.25, 0.3) is 0 Å². The minimum atomic E-state index is 0.189. The quantitative estimate of drug-likeness (QED) is 0.921. The van der Waals surface area contributed by atoms with E-state index in [1.165, 1.54) is 4.88 Å². The van der Waals surface area contributed by atoms with Crippen LogP contribution in [0.3, 0.4) is 0 Å². The van der Waals surface area contributed by atoms with Crippen LogP contribution in [0.15, 0.2) is 15.9 Å². The normalized spacial score (nSPS) is 21.5. The highest BCUT2D eigenvalue weighted by Crippen LogP contribution is 2.32. The van der Waals surface area contributed by atoms with E-state index in [1.807, 2.05) is 0 Å². The molecule has 1 aliphatic rings. The van der Waals surface area contributed by atoms with Gasteiger partial charge in [0.2, 0.25) is 0 Å². The van der Waals surface area contributed by atoms with Crippen LogP contribution in [0.2, 0.25) is 0 Å². The molecule has 102 valence electrons. The van der Waals surface area contributed by atoms with Crippen LogP contribution in [0, 0.1) is 0 Å². The molecule has 18 heavy (non-hydrogen) atoms. The van der Waals surface area contributed by atoms with Crippen molar-refractivity contribution in [1.82, 2.24) is 4.90 Å². The molecule has 2 unspecified atom stereocenters. The van der Waals surface area contributed by atoms with Gasteiger partial charge in [0, 0.05) is 40.5 Å². The number of rotatable bonds is 4. The van der Waals surface area contributed by atoms with Gasteiger partial charge in [-0.3, -0.25) is 4.90 Å². The molecule has 1 aliphatic heterocycles. The molecular formula is C13H21BrN2OS. The molecule has 1 fully saturated rings. The van der Waals surface area contributed by atoms with Crippen molar-refractivity contribution in [2.45, 2.75) is 31.8 Å². The SMILES string of the molecule is CCC(N)C(c1cc(Br)cs1)N1CCCOCC1. The van der Waals surface area contributed by atoms with Crippen LogP contribution in [-0.4, -0.2) is 37.2 Å². The van der Waals surface area contributed by atoms with Gasteiger partial charge in [0.1, 0.15) is 0 Å². The Morgan fingerprint density at radius 2 is 2.33 bits per heavy atom. The average Bonchev–Trinajstić information content (AvgIpc) is 2.64. The van der Waals surface area contributed by atoms with Gasteiger partial charge < -0.3 is 10.5 Å². The van der Waals surface area contributed by atoms with Crippen molar-refractivity contribution in [3.8, 4) is 0 Å². The molecule has 0 aliphatic carbocycles. The molecule has 2 rings (SSSR count). The van der Waals surface area contributed by atoms with Crippen molar-refractivity contribution in [3.05, 3.63) is 20.8 Å². The van der Waals surface area contributed by atoms with Crippen molar-refractivity contribution < 1.29 is 4.74 Å².